The summed E-state index contributed by atoms with van der Waals surface area (Å²) >= 11 is 0. The topological polar surface area (TPSA) is 49.8 Å². The van der Waals surface area contributed by atoms with Crippen molar-refractivity contribution in [3.05, 3.63) is 29.8 Å². The minimum atomic E-state index is -1.27. The Morgan fingerprint density at radius 3 is 2.50 bits per heavy atom. The van der Waals surface area contributed by atoms with Crippen LogP contribution in [0.4, 0.5) is 4.39 Å². The summed E-state index contributed by atoms with van der Waals surface area (Å²) in [5.74, 6) is 1.79. The quantitative estimate of drug-likeness (QED) is 0.689. The second kappa shape index (κ2) is 10.8. The first kappa shape index (κ1) is 22.7. The maximum atomic E-state index is 12.9. The van der Waals surface area contributed by atoms with Gasteiger partial charge in [-0.25, -0.2) is 4.39 Å². The van der Waals surface area contributed by atoms with E-state index in [0.29, 0.717) is 29.6 Å². The number of carbonyl (C=O) groups excluding carboxylic acids is 1. The summed E-state index contributed by atoms with van der Waals surface area (Å²) in [7, 11) is 0. The van der Waals surface area contributed by atoms with Gasteiger partial charge < -0.3 is 14.7 Å². The van der Waals surface area contributed by atoms with Gasteiger partial charge in [-0.1, -0.05) is 32.4 Å². The molecule has 1 aromatic carbocycles. The number of hydrogen-bond acceptors (Lipinski definition) is 3. The predicted octanol–water partition coefficient (Wildman–Crippen LogP) is 4.60. The molecule has 1 saturated heterocycles. The number of halogens is 1. The fourth-order valence-corrected chi connectivity index (χ4v) is 4.10. The zero-order valence-corrected chi connectivity index (χ0v) is 17.6. The maximum absolute atomic E-state index is 12.9. The molecule has 0 radical (unpaired) electrons. The summed E-state index contributed by atoms with van der Waals surface area (Å²) in [6.45, 7) is 7.72. The number of nitrogens with zero attached hydrogens (tertiary/aromatic N) is 1. The maximum Gasteiger partial charge on any atom is 0.235 e. The fraction of sp³-hybridized carbons (Fsp3) is 0.696. The Labute approximate surface area is 169 Å². The second-order valence-electron chi connectivity index (χ2n) is 8.66. The number of likely N-dealkylation sites (tertiary alicyclic amines) is 1. The minimum absolute atomic E-state index is 0.330. The van der Waals surface area contributed by atoms with E-state index in [1.165, 1.54) is 38.2 Å². The molecule has 158 valence electrons. The zero-order valence-electron chi connectivity index (χ0n) is 17.6. The van der Waals surface area contributed by atoms with Gasteiger partial charge in [0.1, 0.15) is 5.75 Å². The van der Waals surface area contributed by atoms with Crippen molar-refractivity contribution in [2.75, 3.05) is 19.7 Å². The standard InChI is InChI=1S/C18H24FNO2.C5H12O/c1-14(19)22-17-4-2-3-16(10-17)9-15-5-7-18(8-6-15)11-20(12-18)13-21;1-3-5(2)4-6/h2-4,10,13-15H,5-9,11-12H2,1H3;5-6H,3-4H2,1-2H3. The van der Waals surface area contributed by atoms with Gasteiger partial charge in [-0.3, -0.25) is 4.79 Å². The van der Waals surface area contributed by atoms with Gasteiger partial charge in [-0.15, -0.1) is 0 Å². The molecule has 1 spiro atoms. The van der Waals surface area contributed by atoms with Gasteiger partial charge >= 0.3 is 0 Å². The fourth-order valence-electron chi connectivity index (χ4n) is 4.10. The van der Waals surface area contributed by atoms with Gasteiger partial charge in [0, 0.05) is 32.0 Å². The van der Waals surface area contributed by atoms with Crippen LogP contribution in [0, 0.1) is 17.3 Å². The first-order valence-electron chi connectivity index (χ1n) is 10.6. The van der Waals surface area contributed by atoms with Crippen molar-refractivity contribution in [2.45, 2.75) is 65.7 Å². The third kappa shape index (κ3) is 6.77. The summed E-state index contributed by atoms with van der Waals surface area (Å²) < 4.78 is 18.0. The van der Waals surface area contributed by atoms with Crippen LogP contribution in [0.25, 0.3) is 0 Å². The zero-order chi connectivity index (χ0) is 20.6. The Morgan fingerprint density at radius 1 is 1.32 bits per heavy atom. The average molecular weight is 394 g/mol. The van der Waals surface area contributed by atoms with E-state index in [-0.39, 0.29) is 0 Å². The highest BCUT2D eigenvalue weighted by Crippen LogP contribution is 2.45. The van der Waals surface area contributed by atoms with Crippen LogP contribution in [0.2, 0.25) is 0 Å². The lowest BCUT2D eigenvalue weighted by atomic mass is 9.65. The highest BCUT2D eigenvalue weighted by atomic mass is 19.1. The summed E-state index contributed by atoms with van der Waals surface area (Å²) in [6.07, 6.45) is 6.69. The van der Waals surface area contributed by atoms with E-state index < -0.39 is 6.36 Å². The van der Waals surface area contributed by atoms with Gasteiger partial charge in [0.05, 0.1) is 0 Å². The normalized spacial score (nSPS) is 20.5. The number of rotatable bonds is 7. The van der Waals surface area contributed by atoms with Crippen molar-refractivity contribution in [3.63, 3.8) is 0 Å². The van der Waals surface area contributed by atoms with Crippen molar-refractivity contribution in [1.29, 1.82) is 0 Å². The molecular formula is C23H36FNO3. The molecular weight excluding hydrogens is 357 g/mol. The number of hydrogen-bond donors (Lipinski definition) is 1. The van der Waals surface area contributed by atoms with Gasteiger partial charge in [-0.2, -0.15) is 0 Å². The van der Waals surface area contributed by atoms with Crippen molar-refractivity contribution in [3.8, 4) is 5.75 Å². The minimum Gasteiger partial charge on any atom is -0.461 e. The molecule has 5 heteroatoms. The largest absolute Gasteiger partial charge is 0.461 e. The van der Waals surface area contributed by atoms with Crippen LogP contribution in [-0.4, -0.2) is 42.5 Å². The number of aliphatic hydroxyl groups excluding tert-OH is 1. The van der Waals surface area contributed by atoms with Crippen LogP contribution in [0.3, 0.4) is 0 Å². The van der Waals surface area contributed by atoms with E-state index in [1.54, 1.807) is 6.07 Å². The number of ether oxygens (including phenoxy) is 1. The SMILES string of the molecule is CC(F)Oc1cccc(CC2CCC3(CC2)CN(C=O)C3)c1.CCC(C)CO. The number of carbonyl (C=O) groups is 1. The highest BCUT2D eigenvalue weighted by Gasteiger charge is 2.44. The molecule has 3 rings (SSSR count). The smallest absolute Gasteiger partial charge is 0.235 e. The van der Waals surface area contributed by atoms with E-state index in [2.05, 4.69) is 13.0 Å². The van der Waals surface area contributed by atoms with Gasteiger partial charge in [0.2, 0.25) is 12.8 Å². The number of amides is 1. The van der Waals surface area contributed by atoms with E-state index >= 15 is 0 Å². The summed E-state index contributed by atoms with van der Waals surface area (Å²) in [5.41, 5.74) is 1.63. The van der Waals surface area contributed by atoms with Gasteiger partial charge in [-0.05, 0) is 61.6 Å². The Morgan fingerprint density at radius 2 is 2.00 bits per heavy atom. The van der Waals surface area contributed by atoms with Crippen LogP contribution in [0.15, 0.2) is 24.3 Å². The van der Waals surface area contributed by atoms with Crippen molar-refractivity contribution in [1.82, 2.24) is 4.90 Å². The second-order valence-corrected chi connectivity index (χ2v) is 8.66. The molecule has 0 bridgehead atoms. The first-order chi connectivity index (χ1) is 13.4. The monoisotopic (exact) mass is 393 g/mol. The third-order valence-corrected chi connectivity index (χ3v) is 6.12. The average Bonchev–Trinajstić information content (AvgIpc) is 2.66. The lowest BCUT2D eigenvalue weighted by molar-refractivity contribution is -0.132. The lowest BCUT2D eigenvalue weighted by Crippen LogP contribution is -2.56. The Kier molecular flexibility index (Phi) is 8.74. The van der Waals surface area contributed by atoms with Gasteiger partial charge in [0.15, 0.2) is 0 Å². The van der Waals surface area contributed by atoms with E-state index in [1.807, 2.05) is 24.0 Å². The summed E-state index contributed by atoms with van der Waals surface area (Å²) in [5, 5.41) is 8.33. The molecule has 1 aromatic rings. The molecule has 2 atom stereocenters. The first-order valence-corrected chi connectivity index (χ1v) is 10.6. The van der Waals surface area contributed by atoms with Crippen molar-refractivity contribution in [2.24, 2.45) is 17.3 Å². The molecule has 2 unspecified atom stereocenters. The highest BCUT2D eigenvalue weighted by molar-refractivity contribution is 5.49. The molecule has 2 fully saturated rings. The number of aliphatic hydroxyl groups is 1. The van der Waals surface area contributed by atoms with E-state index in [4.69, 9.17) is 9.84 Å². The Balaban J connectivity index is 0.000000409. The van der Waals surface area contributed by atoms with Crippen molar-refractivity contribution >= 4 is 6.41 Å². The van der Waals surface area contributed by atoms with Crippen LogP contribution < -0.4 is 4.74 Å². The molecule has 1 aliphatic carbocycles. The summed E-state index contributed by atoms with van der Waals surface area (Å²) in [6, 6.07) is 7.79. The molecule has 1 heterocycles. The number of alkyl halides is 1. The van der Waals surface area contributed by atoms with Crippen LogP contribution in [0.1, 0.15) is 58.4 Å². The molecule has 1 saturated carbocycles. The molecule has 28 heavy (non-hydrogen) atoms. The molecule has 4 nitrogen and oxygen atoms in total. The van der Waals surface area contributed by atoms with Crippen molar-refractivity contribution < 1.29 is 19.0 Å². The lowest BCUT2D eigenvalue weighted by Gasteiger charge is -2.52. The summed E-state index contributed by atoms with van der Waals surface area (Å²) in [4.78, 5) is 12.6. The number of benzene rings is 1. The molecule has 2 aliphatic rings. The third-order valence-electron chi connectivity index (χ3n) is 6.12. The molecule has 0 aromatic heterocycles. The van der Waals surface area contributed by atoms with E-state index in [0.717, 1.165) is 32.3 Å². The molecule has 1 amide bonds. The molecule has 1 aliphatic heterocycles. The van der Waals surface area contributed by atoms with E-state index in [9.17, 15) is 9.18 Å². The van der Waals surface area contributed by atoms with Crippen LogP contribution >= 0.6 is 0 Å². The van der Waals surface area contributed by atoms with Crippen LogP contribution in [-0.2, 0) is 11.2 Å². The predicted molar refractivity (Wildman–Crippen MR) is 110 cm³/mol. The van der Waals surface area contributed by atoms with Crippen LogP contribution in [0.5, 0.6) is 5.75 Å². The Bertz CT molecular complexity index is 587. The molecule has 1 N–H and O–H groups in total. The van der Waals surface area contributed by atoms with Gasteiger partial charge in [0.25, 0.3) is 0 Å². The Hall–Kier alpha value is -1.62.